The predicted octanol–water partition coefficient (Wildman–Crippen LogP) is 4.98. The van der Waals surface area contributed by atoms with Crippen molar-refractivity contribution in [1.82, 2.24) is 9.78 Å². The Morgan fingerprint density at radius 2 is 1.36 bits per heavy atom. The second kappa shape index (κ2) is 12.2. The second-order valence-corrected chi connectivity index (χ2v) is 22.6. The van der Waals surface area contributed by atoms with Crippen LogP contribution in [0.5, 0.6) is 0 Å². The van der Waals surface area contributed by atoms with Crippen LogP contribution in [0.1, 0.15) is 65.7 Å². The van der Waals surface area contributed by atoms with Gasteiger partial charge in [0.25, 0.3) is 0 Å². The van der Waals surface area contributed by atoms with Crippen LogP contribution >= 0.6 is 0 Å². The topological polar surface area (TPSA) is 36.1 Å². The summed E-state index contributed by atoms with van der Waals surface area (Å²) in [5.41, 5.74) is 0. The molecule has 1 aliphatic carbocycles. The molecule has 6 heteroatoms. The molecule has 0 saturated heterocycles. The van der Waals surface area contributed by atoms with E-state index in [2.05, 4.69) is 42.7 Å². The first kappa shape index (κ1) is 23.8. The SMILES string of the molecule is CCCC[NH][Zr]([NH]CCCC)([NH]CCCC)[C]1=[C]([Ge]([CH3])([CH3])[F])C=CC1. The van der Waals surface area contributed by atoms with Crippen LogP contribution in [0.15, 0.2) is 19.8 Å². The van der Waals surface area contributed by atoms with Gasteiger partial charge in [-0.05, 0) is 0 Å². The molecule has 0 unspecified atom stereocenters. The Balaban J connectivity index is 3.14. The number of halogens is 1. The van der Waals surface area contributed by atoms with E-state index < -0.39 is 34.9 Å². The van der Waals surface area contributed by atoms with Gasteiger partial charge in [0.15, 0.2) is 0 Å². The quantitative estimate of drug-likeness (QED) is 0.236. The van der Waals surface area contributed by atoms with Crippen LogP contribution < -0.4 is 9.78 Å². The number of rotatable bonds is 14. The Labute approximate surface area is 164 Å². The normalized spacial score (nSPS) is 15.4. The summed E-state index contributed by atoms with van der Waals surface area (Å²) in [7, 11) is 0. The number of hydrogen-bond acceptors (Lipinski definition) is 3. The molecule has 0 aromatic rings. The van der Waals surface area contributed by atoms with Crippen LogP contribution in [0.3, 0.4) is 0 Å². The maximum absolute atomic E-state index is 15.1. The zero-order valence-electron chi connectivity index (χ0n) is 17.1. The average Bonchev–Trinajstić information content (AvgIpc) is 3.05. The Bertz CT molecular complexity index is 420. The molecule has 3 N–H and O–H groups in total. The molecule has 1 aliphatic rings. The van der Waals surface area contributed by atoms with Crippen LogP contribution in [0, 0.1) is 0 Å². The van der Waals surface area contributed by atoms with Gasteiger partial charge in [0, 0.05) is 0 Å². The van der Waals surface area contributed by atoms with E-state index in [1.807, 2.05) is 11.5 Å². The third kappa shape index (κ3) is 7.69. The summed E-state index contributed by atoms with van der Waals surface area (Å²) in [5.74, 6) is 3.76. The molecular formula is C19H40FGeN3Zr. The third-order valence-corrected chi connectivity index (χ3v) is 18.9. The van der Waals surface area contributed by atoms with Gasteiger partial charge in [0.05, 0.1) is 0 Å². The minimum atomic E-state index is -3.35. The van der Waals surface area contributed by atoms with Gasteiger partial charge in [-0.3, -0.25) is 0 Å². The molecule has 0 spiro atoms. The van der Waals surface area contributed by atoms with Gasteiger partial charge in [-0.25, -0.2) is 0 Å². The molecule has 0 fully saturated rings. The van der Waals surface area contributed by atoms with Gasteiger partial charge in [-0.15, -0.1) is 0 Å². The third-order valence-electron chi connectivity index (χ3n) is 4.79. The summed E-state index contributed by atoms with van der Waals surface area (Å²) in [6, 6.07) is 0. The van der Waals surface area contributed by atoms with Crippen LogP contribution in [-0.4, -0.2) is 33.4 Å². The van der Waals surface area contributed by atoms with Crippen molar-refractivity contribution in [3.8, 4) is 0 Å². The van der Waals surface area contributed by atoms with E-state index in [1.54, 1.807) is 0 Å². The molecule has 0 aliphatic heterocycles. The van der Waals surface area contributed by atoms with Gasteiger partial charge < -0.3 is 0 Å². The van der Waals surface area contributed by atoms with Gasteiger partial charge >= 0.3 is 165 Å². The summed E-state index contributed by atoms with van der Waals surface area (Å²) in [6.07, 6.45) is 12.3. The molecule has 25 heavy (non-hydrogen) atoms. The van der Waals surface area contributed by atoms with Crippen molar-refractivity contribution in [2.75, 3.05) is 19.6 Å². The Kier molecular flexibility index (Phi) is 11.6. The summed E-state index contributed by atoms with van der Waals surface area (Å²) < 4.78 is 29.4. The monoisotopic (exact) mass is 493 g/mol. The van der Waals surface area contributed by atoms with E-state index in [9.17, 15) is 0 Å². The van der Waals surface area contributed by atoms with Crippen LogP contribution in [0.25, 0.3) is 0 Å². The van der Waals surface area contributed by atoms with Gasteiger partial charge in [0.1, 0.15) is 0 Å². The number of nitrogens with one attached hydrogen (secondary N) is 3. The van der Waals surface area contributed by atoms with Crippen molar-refractivity contribution in [2.45, 2.75) is 77.2 Å². The zero-order chi connectivity index (χ0) is 18.8. The standard InChI is InChI=1S/C7H10FGe.3C4H10N.Zr/c1-9(2,8)7-5-3-4-6-7;3*1-2-3-4-5;/h3,5H,4H2,1-2H3;3*5H,2-4H2,1H3;/q;3*-1;+3. The summed E-state index contributed by atoms with van der Waals surface area (Å²) >= 11 is -6.55. The Morgan fingerprint density at radius 3 is 1.72 bits per heavy atom. The number of allylic oxidation sites excluding steroid dienone is 4. The van der Waals surface area contributed by atoms with E-state index in [0.717, 1.165) is 30.5 Å². The second-order valence-electron chi connectivity index (χ2n) is 7.56. The first-order chi connectivity index (χ1) is 11.9. The van der Waals surface area contributed by atoms with E-state index in [-0.39, 0.29) is 0 Å². The molecule has 1 rings (SSSR count). The molecule has 0 radical (unpaired) electrons. The summed E-state index contributed by atoms with van der Waals surface area (Å²) in [4.78, 5) is 0. The zero-order valence-corrected chi connectivity index (χ0v) is 21.7. The fraction of sp³-hybridized carbons (Fsp3) is 0.789. The molecule has 0 heterocycles. The van der Waals surface area contributed by atoms with Crippen molar-refractivity contribution in [2.24, 2.45) is 0 Å². The average molecular weight is 493 g/mol. The van der Waals surface area contributed by atoms with Crippen molar-refractivity contribution >= 4 is 13.7 Å². The Hall–Kier alpha value is 0.716. The predicted molar refractivity (Wildman–Crippen MR) is 108 cm³/mol. The van der Waals surface area contributed by atoms with Crippen molar-refractivity contribution in [3.63, 3.8) is 0 Å². The first-order valence-electron chi connectivity index (χ1n) is 10.3. The van der Waals surface area contributed by atoms with Crippen LogP contribution in [-0.2, 0) is 21.1 Å². The van der Waals surface area contributed by atoms with Gasteiger partial charge in [0.2, 0.25) is 0 Å². The van der Waals surface area contributed by atoms with E-state index in [1.165, 1.54) is 41.8 Å². The van der Waals surface area contributed by atoms with E-state index >= 15 is 3.50 Å². The molecule has 0 aromatic carbocycles. The summed E-state index contributed by atoms with van der Waals surface area (Å²) in [5, 5.41) is 0. The van der Waals surface area contributed by atoms with E-state index in [4.69, 9.17) is 0 Å². The van der Waals surface area contributed by atoms with Crippen molar-refractivity contribution < 1.29 is 24.6 Å². The molecule has 3 nitrogen and oxygen atoms in total. The summed E-state index contributed by atoms with van der Waals surface area (Å²) in [6.45, 7) is 9.78. The molecule has 0 bridgehead atoms. The molecule has 0 saturated carbocycles. The van der Waals surface area contributed by atoms with Crippen LogP contribution in [0.4, 0.5) is 3.50 Å². The molecule has 0 amide bonds. The molecule has 146 valence electrons. The molecular weight excluding hydrogens is 453 g/mol. The van der Waals surface area contributed by atoms with Gasteiger partial charge in [-0.2, -0.15) is 0 Å². The Morgan fingerprint density at radius 1 is 0.920 bits per heavy atom. The molecule has 0 aromatic heterocycles. The number of unbranched alkanes of at least 4 members (excludes halogenated alkanes) is 3. The fourth-order valence-electron chi connectivity index (χ4n) is 3.28. The maximum atomic E-state index is 15.1. The van der Waals surface area contributed by atoms with E-state index in [0.29, 0.717) is 0 Å². The minimum absolute atomic E-state index is 0.932. The fourth-order valence-corrected chi connectivity index (χ4v) is 21.0. The molecule has 0 atom stereocenters. The van der Waals surface area contributed by atoms with Crippen LogP contribution in [0.2, 0.25) is 11.5 Å². The number of hydrogen-bond donors (Lipinski definition) is 3. The van der Waals surface area contributed by atoms with Gasteiger partial charge in [-0.1, -0.05) is 0 Å². The van der Waals surface area contributed by atoms with Crippen molar-refractivity contribution in [1.29, 1.82) is 0 Å². The van der Waals surface area contributed by atoms with Crippen molar-refractivity contribution in [3.05, 3.63) is 19.8 Å². The first-order valence-corrected chi connectivity index (χ1v) is 21.2.